The zero-order chi connectivity index (χ0) is 16.3. The van der Waals surface area contributed by atoms with Gasteiger partial charge in [0.1, 0.15) is 0 Å². The van der Waals surface area contributed by atoms with Crippen molar-refractivity contribution in [2.24, 2.45) is 5.92 Å². The molecule has 0 aromatic heterocycles. The average Bonchev–Trinajstić information content (AvgIpc) is 2.85. The highest BCUT2D eigenvalue weighted by Crippen LogP contribution is 2.33. The molecule has 22 heavy (non-hydrogen) atoms. The quantitative estimate of drug-likeness (QED) is 0.900. The predicted octanol–water partition coefficient (Wildman–Crippen LogP) is 3.17. The number of thioether (sulfide) groups is 1. The van der Waals surface area contributed by atoms with Crippen LogP contribution in [0.1, 0.15) is 18.9 Å². The number of aliphatic hydroxyl groups excluding tert-OH is 1. The minimum absolute atomic E-state index is 0.0742. The van der Waals surface area contributed by atoms with Gasteiger partial charge < -0.3 is 10.0 Å². The fourth-order valence-corrected chi connectivity index (χ4v) is 3.44. The standard InChI is InChI=1S/C15H18F3NO2S/c1-10(8-20)9-22-13-6-7-19(14(13)21)12-4-2-11(3-5-12)15(16,17)18/h2-5,10,13,20H,6-9H2,1H3. The number of hydrogen-bond acceptors (Lipinski definition) is 3. The second-order valence-electron chi connectivity index (χ2n) is 5.43. The summed E-state index contributed by atoms with van der Waals surface area (Å²) >= 11 is 1.50. The molecule has 1 saturated heterocycles. The summed E-state index contributed by atoms with van der Waals surface area (Å²) in [5.41, 5.74) is -0.220. The van der Waals surface area contributed by atoms with E-state index in [1.165, 1.54) is 28.8 Å². The topological polar surface area (TPSA) is 40.5 Å². The Morgan fingerprint density at radius 3 is 2.55 bits per heavy atom. The van der Waals surface area contributed by atoms with Crippen LogP contribution in [-0.2, 0) is 11.0 Å². The molecule has 1 heterocycles. The van der Waals surface area contributed by atoms with E-state index in [2.05, 4.69) is 0 Å². The van der Waals surface area contributed by atoms with Crippen molar-refractivity contribution in [3.05, 3.63) is 29.8 Å². The highest BCUT2D eigenvalue weighted by molar-refractivity contribution is 8.00. The van der Waals surface area contributed by atoms with Crippen LogP contribution in [0.2, 0.25) is 0 Å². The van der Waals surface area contributed by atoms with Crippen LogP contribution < -0.4 is 4.90 Å². The minimum Gasteiger partial charge on any atom is -0.396 e. The summed E-state index contributed by atoms with van der Waals surface area (Å²) in [7, 11) is 0. The number of halogens is 3. The number of nitrogens with zero attached hydrogens (tertiary/aromatic N) is 1. The van der Waals surface area contributed by atoms with Gasteiger partial charge in [-0.15, -0.1) is 11.8 Å². The lowest BCUT2D eigenvalue weighted by atomic mass is 10.2. The van der Waals surface area contributed by atoms with E-state index in [0.717, 1.165) is 12.1 Å². The van der Waals surface area contributed by atoms with Gasteiger partial charge in [-0.25, -0.2) is 0 Å². The summed E-state index contributed by atoms with van der Waals surface area (Å²) in [6, 6.07) is 4.67. The Balaban J connectivity index is 2.00. The van der Waals surface area contributed by atoms with E-state index in [1.54, 1.807) is 0 Å². The van der Waals surface area contributed by atoms with Crippen molar-refractivity contribution >= 4 is 23.4 Å². The third kappa shape index (κ3) is 3.95. The van der Waals surface area contributed by atoms with Crippen LogP contribution in [0.5, 0.6) is 0 Å². The molecule has 0 aliphatic carbocycles. The average molecular weight is 333 g/mol. The Kier molecular flexibility index (Phi) is 5.39. The van der Waals surface area contributed by atoms with Crippen LogP contribution >= 0.6 is 11.8 Å². The molecule has 2 unspecified atom stereocenters. The first-order valence-electron chi connectivity index (χ1n) is 7.04. The molecule has 3 nitrogen and oxygen atoms in total. The molecule has 1 fully saturated rings. The van der Waals surface area contributed by atoms with E-state index >= 15 is 0 Å². The molecule has 1 aliphatic heterocycles. The normalized spacial score (nSPS) is 20.5. The Labute approximate surface area is 131 Å². The largest absolute Gasteiger partial charge is 0.416 e. The fraction of sp³-hybridized carbons (Fsp3) is 0.533. The van der Waals surface area contributed by atoms with Crippen molar-refractivity contribution in [2.45, 2.75) is 24.8 Å². The van der Waals surface area contributed by atoms with Gasteiger partial charge >= 0.3 is 6.18 Å². The Hall–Kier alpha value is -1.21. The number of hydrogen-bond donors (Lipinski definition) is 1. The van der Waals surface area contributed by atoms with Crippen molar-refractivity contribution in [3.8, 4) is 0 Å². The van der Waals surface area contributed by atoms with Gasteiger partial charge in [0.05, 0.1) is 10.8 Å². The van der Waals surface area contributed by atoms with Gasteiger partial charge in [0.2, 0.25) is 5.91 Å². The first-order valence-corrected chi connectivity index (χ1v) is 8.09. The van der Waals surface area contributed by atoms with Crippen LogP contribution in [-0.4, -0.2) is 35.2 Å². The lowest BCUT2D eigenvalue weighted by molar-refractivity contribution is -0.137. The summed E-state index contributed by atoms with van der Waals surface area (Å²) in [6.07, 6.45) is -3.70. The van der Waals surface area contributed by atoms with E-state index in [-0.39, 0.29) is 23.7 Å². The summed E-state index contributed by atoms with van der Waals surface area (Å²) < 4.78 is 37.6. The Bertz CT molecular complexity index is 519. The van der Waals surface area contributed by atoms with Gasteiger partial charge in [-0.2, -0.15) is 13.2 Å². The predicted molar refractivity (Wildman–Crippen MR) is 80.9 cm³/mol. The summed E-state index contributed by atoms with van der Waals surface area (Å²) in [5, 5.41) is 8.81. The van der Waals surface area contributed by atoms with E-state index in [9.17, 15) is 18.0 Å². The van der Waals surface area contributed by atoms with Crippen molar-refractivity contribution in [2.75, 3.05) is 23.8 Å². The van der Waals surface area contributed by atoms with Gasteiger partial charge in [0.15, 0.2) is 0 Å². The van der Waals surface area contributed by atoms with Crippen molar-refractivity contribution < 1.29 is 23.1 Å². The molecule has 1 aromatic rings. The molecule has 122 valence electrons. The molecule has 2 rings (SSSR count). The number of anilines is 1. The highest BCUT2D eigenvalue weighted by atomic mass is 32.2. The molecule has 0 saturated carbocycles. The van der Waals surface area contributed by atoms with Crippen molar-refractivity contribution in [3.63, 3.8) is 0 Å². The molecule has 0 bridgehead atoms. The maximum absolute atomic E-state index is 12.5. The van der Waals surface area contributed by atoms with Gasteiger partial charge in [-0.3, -0.25) is 4.79 Å². The first kappa shape index (κ1) is 17.1. The second kappa shape index (κ2) is 6.91. The van der Waals surface area contributed by atoms with Crippen molar-refractivity contribution in [1.29, 1.82) is 0 Å². The lowest BCUT2D eigenvalue weighted by Gasteiger charge is -2.18. The van der Waals surface area contributed by atoms with E-state index in [0.29, 0.717) is 24.4 Å². The lowest BCUT2D eigenvalue weighted by Crippen LogP contribution is -2.28. The molecule has 0 radical (unpaired) electrons. The summed E-state index contributed by atoms with van der Waals surface area (Å²) in [5.74, 6) is 0.737. The van der Waals surface area contributed by atoms with Crippen LogP contribution in [0, 0.1) is 5.92 Å². The minimum atomic E-state index is -4.37. The zero-order valence-corrected chi connectivity index (χ0v) is 13.0. The Morgan fingerprint density at radius 1 is 1.36 bits per heavy atom. The molecule has 0 spiro atoms. The van der Waals surface area contributed by atoms with E-state index in [4.69, 9.17) is 5.11 Å². The van der Waals surface area contributed by atoms with Gasteiger partial charge in [0, 0.05) is 18.8 Å². The third-order valence-electron chi connectivity index (χ3n) is 3.56. The number of alkyl halides is 3. The summed E-state index contributed by atoms with van der Waals surface area (Å²) in [4.78, 5) is 13.8. The molecule has 7 heteroatoms. The Morgan fingerprint density at radius 2 is 2.00 bits per heavy atom. The number of carbonyl (C=O) groups is 1. The molecular weight excluding hydrogens is 315 g/mol. The van der Waals surface area contributed by atoms with Crippen LogP contribution in [0.15, 0.2) is 24.3 Å². The monoisotopic (exact) mass is 333 g/mol. The SMILES string of the molecule is CC(CO)CSC1CCN(c2ccc(C(F)(F)F)cc2)C1=O. The van der Waals surface area contributed by atoms with Crippen molar-refractivity contribution in [1.82, 2.24) is 0 Å². The molecule has 1 aliphatic rings. The van der Waals surface area contributed by atoms with Crippen LogP contribution in [0.25, 0.3) is 0 Å². The molecule has 1 aromatic carbocycles. The van der Waals surface area contributed by atoms with E-state index in [1.807, 2.05) is 6.92 Å². The number of aliphatic hydroxyl groups is 1. The smallest absolute Gasteiger partial charge is 0.396 e. The van der Waals surface area contributed by atoms with Crippen LogP contribution in [0.4, 0.5) is 18.9 Å². The number of rotatable bonds is 5. The maximum Gasteiger partial charge on any atom is 0.416 e. The number of benzene rings is 1. The van der Waals surface area contributed by atoms with Gasteiger partial charge in [0.25, 0.3) is 0 Å². The van der Waals surface area contributed by atoms with Crippen LogP contribution in [0.3, 0.4) is 0 Å². The molecule has 1 N–H and O–H groups in total. The zero-order valence-electron chi connectivity index (χ0n) is 12.1. The number of amides is 1. The van der Waals surface area contributed by atoms with Gasteiger partial charge in [-0.1, -0.05) is 6.92 Å². The molecule has 1 amide bonds. The maximum atomic E-state index is 12.5. The van der Waals surface area contributed by atoms with Gasteiger partial charge in [-0.05, 0) is 42.4 Å². The first-order chi connectivity index (χ1) is 10.3. The highest BCUT2D eigenvalue weighted by Gasteiger charge is 2.34. The third-order valence-corrected chi connectivity index (χ3v) is 5.16. The molecule has 2 atom stereocenters. The second-order valence-corrected chi connectivity index (χ2v) is 6.67. The summed E-state index contributed by atoms with van der Waals surface area (Å²) in [6.45, 7) is 2.49. The fourth-order valence-electron chi connectivity index (χ4n) is 2.23. The molecular formula is C15H18F3NO2S. The number of carbonyl (C=O) groups excluding carboxylic acids is 1. The van der Waals surface area contributed by atoms with E-state index < -0.39 is 11.7 Å².